The number of amides is 1. The summed E-state index contributed by atoms with van der Waals surface area (Å²) in [6.07, 6.45) is 0.786. The maximum atomic E-state index is 12.4. The standard InChI is InChI=1S/C21H18N2O4/c24-19-11-18(22-17-8-4-3-7-16(17)19)21(26)27-13-20(25)23-10-9-14-5-1-2-6-15(14)12-23/h1-8,11H,9-10,12-13H2,(H,22,24). The first-order valence-corrected chi connectivity index (χ1v) is 8.75. The first kappa shape index (κ1) is 17.0. The third kappa shape index (κ3) is 3.46. The van der Waals surface area contributed by atoms with Crippen LogP contribution in [0.4, 0.5) is 0 Å². The highest BCUT2D eigenvalue weighted by Gasteiger charge is 2.22. The van der Waals surface area contributed by atoms with Crippen LogP contribution >= 0.6 is 0 Å². The maximum Gasteiger partial charge on any atom is 0.355 e. The van der Waals surface area contributed by atoms with Gasteiger partial charge in [0.1, 0.15) is 5.69 Å². The quantitative estimate of drug-likeness (QED) is 0.725. The lowest BCUT2D eigenvalue weighted by atomic mass is 10.00. The second-order valence-electron chi connectivity index (χ2n) is 6.50. The fourth-order valence-corrected chi connectivity index (χ4v) is 3.31. The van der Waals surface area contributed by atoms with Crippen LogP contribution in [0.15, 0.2) is 59.4 Å². The number of fused-ring (bicyclic) bond motifs is 2. The molecule has 0 bridgehead atoms. The number of para-hydroxylation sites is 1. The lowest BCUT2D eigenvalue weighted by Gasteiger charge is -2.28. The van der Waals surface area contributed by atoms with Gasteiger partial charge in [0.2, 0.25) is 0 Å². The van der Waals surface area contributed by atoms with Crippen molar-refractivity contribution in [3.05, 3.63) is 81.6 Å². The molecule has 1 aromatic heterocycles. The summed E-state index contributed by atoms with van der Waals surface area (Å²) in [6, 6.07) is 16.1. The number of hydrogen-bond acceptors (Lipinski definition) is 4. The zero-order chi connectivity index (χ0) is 18.8. The number of aromatic amines is 1. The summed E-state index contributed by atoms with van der Waals surface area (Å²) >= 11 is 0. The molecule has 1 aliphatic rings. The van der Waals surface area contributed by atoms with Crippen molar-refractivity contribution in [3.63, 3.8) is 0 Å². The Balaban J connectivity index is 1.42. The van der Waals surface area contributed by atoms with E-state index in [9.17, 15) is 14.4 Å². The molecule has 0 saturated heterocycles. The van der Waals surface area contributed by atoms with Crippen molar-refractivity contribution in [2.24, 2.45) is 0 Å². The lowest BCUT2D eigenvalue weighted by Crippen LogP contribution is -2.38. The Morgan fingerprint density at radius 3 is 2.63 bits per heavy atom. The van der Waals surface area contributed by atoms with Crippen molar-refractivity contribution >= 4 is 22.8 Å². The van der Waals surface area contributed by atoms with Crippen molar-refractivity contribution in [1.82, 2.24) is 9.88 Å². The molecule has 0 spiro atoms. The van der Waals surface area contributed by atoms with Crippen LogP contribution in [0.25, 0.3) is 10.9 Å². The molecule has 4 rings (SSSR count). The van der Waals surface area contributed by atoms with Crippen molar-refractivity contribution in [3.8, 4) is 0 Å². The van der Waals surface area contributed by atoms with E-state index in [0.717, 1.165) is 12.0 Å². The number of aromatic nitrogens is 1. The van der Waals surface area contributed by atoms with Crippen LogP contribution in [0.1, 0.15) is 21.6 Å². The van der Waals surface area contributed by atoms with Crippen LogP contribution in [0.5, 0.6) is 0 Å². The summed E-state index contributed by atoms with van der Waals surface area (Å²) in [7, 11) is 0. The van der Waals surface area contributed by atoms with Gasteiger partial charge in [0.25, 0.3) is 5.91 Å². The lowest BCUT2D eigenvalue weighted by molar-refractivity contribution is -0.135. The number of benzene rings is 2. The van der Waals surface area contributed by atoms with Crippen LogP contribution in [0, 0.1) is 0 Å². The fraction of sp³-hybridized carbons (Fsp3) is 0.190. The van der Waals surface area contributed by atoms with Crippen molar-refractivity contribution < 1.29 is 14.3 Å². The number of nitrogens with zero attached hydrogens (tertiary/aromatic N) is 1. The van der Waals surface area contributed by atoms with Gasteiger partial charge >= 0.3 is 5.97 Å². The van der Waals surface area contributed by atoms with Crippen LogP contribution in [-0.4, -0.2) is 34.9 Å². The highest BCUT2D eigenvalue weighted by Crippen LogP contribution is 2.18. The third-order valence-electron chi connectivity index (χ3n) is 4.77. The van der Waals surface area contributed by atoms with E-state index in [1.54, 1.807) is 29.2 Å². The number of carbonyl (C=O) groups excluding carboxylic acids is 2. The van der Waals surface area contributed by atoms with Gasteiger partial charge in [-0.1, -0.05) is 36.4 Å². The van der Waals surface area contributed by atoms with E-state index >= 15 is 0 Å². The average Bonchev–Trinajstić information content (AvgIpc) is 2.71. The van der Waals surface area contributed by atoms with Gasteiger partial charge in [0.15, 0.2) is 12.0 Å². The largest absolute Gasteiger partial charge is 0.451 e. The Kier molecular flexibility index (Phi) is 4.46. The van der Waals surface area contributed by atoms with Gasteiger partial charge in [0, 0.05) is 30.1 Å². The van der Waals surface area contributed by atoms with Crippen molar-refractivity contribution in [2.45, 2.75) is 13.0 Å². The monoisotopic (exact) mass is 362 g/mol. The molecular formula is C21H18N2O4. The molecule has 1 amide bonds. The molecule has 6 heteroatoms. The van der Waals surface area contributed by atoms with Gasteiger partial charge in [-0.3, -0.25) is 9.59 Å². The fourth-order valence-electron chi connectivity index (χ4n) is 3.31. The summed E-state index contributed by atoms with van der Waals surface area (Å²) in [5, 5.41) is 0.497. The maximum absolute atomic E-state index is 12.4. The number of ether oxygens (including phenoxy) is 1. The molecule has 1 aliphatic heterocycles. The Bertz CT molecular complexity index is 1090. The number of carbonyl (C=O) groups is 2. The first-order chi connectivity index (χ1) is 13.1. The minimum absolute atomic E-state index is 0.0375. The predicted molar refractivity (Wildman–Crippen MR) is 100 cm³/mol. The molecule has 0 fully saturated rings. The van der Waals surface area contributed by atoms with E-state index in [0.29, 0.717) is 24.0 Å². The number of esters is 1. The Labute approximate surface area is 155 Å². The van der Waals surface area contributed by atoms with Crippen molar-refractivity contribution in [2.75, 3.05) is 13.2 Å². The average molecular weight is 362 g/mol. The van der Waals surface area contributed by atoms with Gasteiger partial charge in [-0.2, -0.15) is 0 Å². The predicted octanol–water partition coefficient (Wildman–Crippen LogP) is 2.27. The van der Waals surface area contributed by atoms with Crippen LogP contribution in [-0.2, 0) is 22.5 Å². The molecule has 1 N–H and O–H groups in total. The molecule has 6 nitrogen and oxygen atoms in total. The van der Waals surface area contributed by atoms with Gasteiger partial charge in [0.05, 0.1) is 0 Å². The second-order valence-corrected chi connectivity index (χ2v) is 6.50. The summed E-state index contributed by atoms with van der Waals surface area (Å²) in [5.41, 5.74) is 2.68. The number of rotatable bonds is 3. The van der Waals surface area contributed by atoms with E-state index in [1.807, 2.05) is 18.2 Å². The molecule has 27 heavy (non-hydrogen) atoms. The molecule has 0 aliphatic carbocycles. The van der Waals surface area contributed by atoms with Crippen molar-refractivity contribution in [1.29, 1.82) is 0 Å². The van der Waals surface area contributed by atoms with Crippen LogP contribution < -0.4 is 5.43 Å². The number of hydrogen-bond donors (Lipinski definition) is 1. The minimum atomic E-state index is -0.719. The van der Waals surface area contributed by atoms with E-state index in [1.165, 1.54) is 11.6 Å². The van der Waals surface area contributed by atoms with Gasteiger partial charge in [-0.25, -0.2) is 4.79 Å². The molecule has 136 valence electrons. The molecule has 2 aromatic carbocycles. The topological polar surface area (TPSA) is 79.5 Å². The van der Waals surface area contributed by atoms with Gasteiger partial charge < -0.3 is 14.6 Å². The third-order valence-corrected chi connectivity index (χ3v) is 4.77. The zero-order valence-corrected chi connectivity index (χ0v) is 14.6. The highest BCUT2D eigenvalue weighted by atomic mass is 16.5. The Morgan fingerprint density at radius 2 is 1.78 bits per heavy atom. The normalized spacial score (nSPS) is 13.3. The minimum Gasteiger partial charge on any atom is -0.451 e. The smallest absolute Gasteiger partial charge is 0.355 e. The zero-order valence-electron chi connectivity index (χ0n) is 14.6. The molecule has 0 unspecified atom stereocenters. The van der Waals surface area contributed by atoms with E-state index < -0.39 is 5.97 Å². The summed E-state index contributed by atoms with van der Waals surface area (Å²) in [6.45, 7) is 0.759. The Hall–Kier alpha value is -3.41. The SMILES string of the molecule is O=C(OCC(=O)N1CCc2ccccc2C1)c1cc(=O)c2ccccc2[nH]1. The van der Waals surface area contributed by atoms with Crippen LogP contribution in [0.2, 0.25) is 0 Å². The molecular weight excluding hydrogens is 344 g/mol. The van der Waals surface area contributed by atoms with E-state index in [4.69, 9.17) is 4.74 Å². The van der Waals surface area contributed by atoms with E-state index in [-0.39, 0.29) is 23.6 Å². The summed E-state index contributed by atoms with van der Waals surface area (Å²) in [5.74, 6) is -0.968. The molecule has 0 radical (unpaired) electrons. The van der Waals surface area contributed by atoms with Gasteiger partial charge in [-0.05, 0) is 29.7 Å². The molecule has 3 aromatic rings. The summed E-state index contributed by atoms with van der Waals surface area (Å²) in [4.78, 5) is 41.3. The number of pyridine rings is 1. The Morgan fingerprint density at radius 1 is 1.04 bits per heavy atom. The summed E-state index contributed by atoms with van der Waals surface area (Å²) < 4.78 is 5.13. The molecule has 0 saturated carbocycles. The molecule has 0 atom stereocenters. The van der Waals surface area contributed by atoms with Crippen LogP contribution in [0.3, 0.4) is 0 Å². The molecule has 2 heterocycles. The first-order valence-electron chi connectivity index (χ1n) is 8.75. The van der Waals surface area contributed by atoms with E-state index in [2.05, 4.69) is 11.1 Å². The number of H-pyrrole nitrogens is 1. The second kappa shape index (κ2) is 7.07. The highest BCUT2D eigenvalue weighted by molar-refractivity contribution is 5.92. The van der Waals surface area contributed by atoms with Gasteiger partial charge in [-0.15, -0.1) is 0 Å². The number of nitrogens with one attached hydrogen (secondary N) is 1.